The Kier molecular flexibility index (Phi) is 2.73. The number of amides is 1. The number of para-hydroxylation sites is 1. The summed E-state index contributed by atoms with van der Waals surface area (Å²) in [4.78, 5) is 13.4. The molecule has 1 aliphatic rings. The van der Waals surface area contributed by atoms with E-state index in [1.54, 1.807) is 4.90 Å². The number of carbonyl (C=O) groups is 1. The minimum atomic E-state index is 0.185. The van der Waals surface area contributed by atoms with Crippen molar-refractivity contribution >= 4 is 23.2 Å². The molecule has 2 rings (SSSR count). The Bertz CT molecular complexity index is 351. The second-order valence-electron chi connectivity index (χ2n) is 3.36. The van der Waals surface area contributed by atoms with Crippen LogP contribution in [0.4, 0.5) is 5.69 Å². The quantitative estimate of drug-likeness (QED) is 0.684. The molecule has 1 aromatic rings. The van der Waals surface area contributed by atoms with Gasteiger partial charge in [0, 0.05) is 24.5 Å². The second kappa shape index (κ2) is 4.01. The summed E-state index contributed by atoms with van der Waals surface area (Å²) in [6.07, 6.45) is 1.46. The molecule has 0 atom stereocenters. The van der Waals surface area contributed by atoms with E-state index in [0.717, 1.165) is 12.1 Å². The smallest absolute Gasteiger partial charge is 0.227 e. The Morgan fingerprint density at radius 2 is 2.07 bits per heavy atom. The van der Waals surface area contributed by atoms with Crippen LogP contribution in [0, 0.1) is 0 Å². The van der Waals surface area contributed by atoms with Crippen LogP contribution in [0.15, 0.2) is 24.3 Å². The van der Waals surface area contributed by atoms with Gasteiger partial charge in [-0.05, 0) is 18.1 Å². The zero-order chi connectivity index (χ0) is 9.97. The average Bonchev–Trinajstić information content (AvgIpc) is 2.23. The minimum Gasteiger partial charge on any atom is -0.311 e. The highest BCUT2D eigenvalue weighted by molar-refractivity contribution is 6.18. The molecule has 14 heavy (non-hydrogen) atoms. The van der Waals surface area contributed by atoms with Gasteiger partial charge in [0.2, 0.25) is 5.91 Å². The number of hydrogen-bond donors (Lipinski definition) is 0. The standard InChI is InChI=1S/C11H12ClNO/c12-7-8-13-10-4-2-1-3-9(10)5-6-11(13)14/h1-4H,5-8H2. The first kappa shape index (κ1) is 9.53. The zero-order valence-electron chi connectivity index (χ0n) is 7.87. The number of nitrogens with zero attached hydrogens (tertiary/aromatic N) is 1. The Balaban J connectivity index is 2.36. The Hall–Kier alpha value is -1.02. The number of fused-ring (bicyclic) bond motifs is 1. The minimum absolute atomic E-state index is 0.185. The Morgan fingerprint density at radius 1 is 1.29 bits per heavy atom. The normalized spacial score (nSPS) is 15.5. The summed E-state index contributed by atoms with van der Waals surface area (Å²) in [7, 11) is 0. The lowest BCUT2D eigenvalue weighted by Crippen LogP contribution is -2.36. The van der Waals surface area contributed by atoms with Crippen molar-refractivity contribution in [3.63, 3.8) is 0 Å². The van der Waals surface area contributed by atoms with Gasteiger partial charge < -0.3 is 4.90 Å². The lowest BCUT2D eigenvalue weighted by atomic mass is 10.0. The fraction of sp³-hybridized carbons (Fsp3) is 0.364. The molecular weight excluding hydrogens is 198 g/mol. The Morgan fingerprint density at radius 3 is 2.86 bits per heavy atom. The lowest BCUT2D eigenvalue weighted by Gasteiger charge is -2.28. The van der Waals surface area contributed by atoms with Crippen LogP contribution in [0.3, 0.4) is 0 Å². The predicted molar refractivity (Wildman–Crippen MR) is 57.8 cm³/mol. The Labute approximate surface area is 88.5 Å². The van der Waals surface area contributed by atoms with E-state index in [4.69, 9.17) is 11.6 Å². The fourth-order valence-corrected chi connectivity index (χ4v) is 2.00. The van der Waals surface area contributed by atoms with E-state index in [9.17, 15) is 4.79 Å². The molecule has 0 unspecified atom stereocenters. The third kappa shape index (κ3) is 1.62. The highest BCUT2D eigenvalue weighted by Gasteiger charge is 2.22. The van der Waals surface area contributed by atoms with Crippen molar-refractivity contribution in [2.75, 3.05) is 17.3 Å². The van der Waals surface area contributed by atoms with Crippen LogP contribution in [0.1, 0.15) is 12.0 Å². The van der Waals surface area contributed by atoms with Crippen molar-refractivity contribution in [1.29, 1.82) is 0 Å². The van der Waals surface area contributed by atoms with Crippen molar-refractivity contribution in [1.82, 2.24) is 0 Å². The number of halogens is 1. The molecule has 1 aromatic carbocycles. The topological polar surface area (TPSA) is 20.3 Å². The van der Waals surface area contributed by atoms with Crippen LogP contribution in [0.2, 0.25) is 0 Å². The molecule has 0 aromatic heterocycles. The third-order valence-corrected chi connectivity index (χ3v) is 2.67. The molecule has 1 amide bonds. The summed E-state index contributed by atoms with van der Waals surface area (Å²) in [5.41, 5.74) is 2.28. The SMILES string of the molecule is O=C1CCc2ccccc2N1CCCl. The second-order valence-corrected chi connectivity index (χ2v) is 3.74. The van der Waals surface area contributed by atoms with Gasteiger partial charge in [0.1, 0.15) is 0 Å². The molecule has 1 aliphatic heterocycles. The summed E-state index contributed by atoms with van der Waals surface area (Å²) >= 11 is 5.67. The third-order valence-electron chi connectivity index (χ3n) is 2.50. The summed E-state index contributed by atoms with van der Waals surface area (Å²) < 4.78 is 0. The largest absolute Gasteiger partial charge is 0.311 e. The molecule has 0 bridgehead atoms. The van der Waals surface area contributed by atoms with Crippen molar-refractivity contribution in [2.24, 2.45) is 0 Å². The van der Waals surface area contributed by atoms with Crippen LogP contribution >= 0.6 is 11.6 Å². The molecule has 0 N–H and O–H groups in total. The number of alkyl halides is 1. The number of carbonyl (C=O) groups excluding carboxylic acids is 1. The van der Waals surface area contributed by atoms with Gasteiger partial charge in [-0.2, -0.15) is 0 Å². The lowest BCUT2D eigenvalue weighted by molar-refractivity contribution is -0.118. The summed E-state index contributed by atoms with van der Waals surface area (Å²) in [5, 5.41) is 0. The van der Waals surface area contributed by atoms with Crippen molar-refractivity contribution in [2.45, 2.75) is 12.8 Å². The van der Waals surface area contributed by atoms with Crippen LogP contribution in [-0.4, -0.2) is 18.3 Å². The number of rotatable bonds is 2. The summed E-state index contributed by atoms with van der Waals surface area (Å²) in [6.45, 7) is 0.609. The first-order valence-corrected chi connectivity index (χ1v) is 5.30. The van der Waals surface area contributed by atoms with E-state index in [1.165, 1.54) is 5.56 Å². The van der Waals surface area contributed by atoms with E-state index in [-0.39, 0.29) is 5.91 Å². The molecule has 0 fully saturated rings. The number of aryl methyl sites for hydroxylation is 1. The maximum absolute atomic E-state index is 11.6. The van der Waals surface area contributed by atoms with Crippen LogP contribution < -0.4 is 4.90 Å². The highest BCUT2D eigenvalue weighted by atomic mass is 35.5. The highest BCUT2D eigenvalue weighted by Crippen LogP contribution is 2.26. The number of hydrogen-bond acceptors (Lipinski definition) is 1. The molecule has 0 spiro atoms. The maximum atomic E-state index is 11.6. The van der Waals surface area contributed by atoms with Gasteiger partial charge in [-0.25, -0.2) is 0 Å². The van der Waals surface area contributed by atoms with Gasteiger partial charge in [0.15, 0.2) is 0 Å². The predicted octanol–water partition coefficient (Wildman–Crippen LogP) is 2.20. The molecule has 2 nitrogen and oxygen atoms in total. The molecule has 0 saturated heterocycles. The summed E-state index contributed by atoms with van der Waals surface area (Å²) in [5.74, 6) is 0.671. The molecule has 0 saturated carbocycles. The first-order chi connectivity index (χ1) is 6.83. The molecule has 3 heteroatoms. The van der Waals surface area contributed by atoms with Gasteiger partial charge in [-0.1, -0.05) is 18.2 Å². The van der Waals surface area contributed by atoms with Crippen LogP contribution in [0.25, 0.3) is 0 Å². The van der Waals surface area contributed by atoms with E-state index in [0.29, 0.717) is 18.8 Å². The van der Waals surface area contributed by atoms with Gasteiger partial charge in [-0.3, -0.25) is 4.79 Å². The van der Waals surface area contributed by atoms with Gasteiger partial charge in [-0.15, -0.1) is 11.6 Å². The van der Waals surface area contributed by atoms with E-state index < -0.39 is 0 Å². The van der Waals surface area contributed by atoms with Gasteiger partial charge >= 0.3 is 0 Å². The maximum Gasteiger partial charge on any atom is 0.227 e. The van der Waals surface area contributed by atoms with E-state index >= 15 is 0 Å². The van der Waals surface area contributed by atoms with Crippen LogP contribution in [-0.2, 0) is 11.2 Å². The molecule has 74 valence electrons. The monoisotopic (exact) mass is 209 g/mol. The van der Waals surface area contributed by atoms with Crippen LogP contribution in [0.5, 0.6) is 0 Å². The average molecular weight is 210 g/mol. The van der Waals surface area contributed by atoms with Crippen molar-refractivity contribution in [3.8, 4) is 0 Å². The zero-order valence-corrected chi connectivity index (χ0v) is 8.63. The molecule has 1 heterocycles. The van der Waals surface area contributed by atoms with Crippen molar-refractivity contribution in [3.05, 3.63) is 29.8 Å². The number of anilines is 1. The van der Waals surface area contributed by atoms with E-state index in [2.05, 4.69) is 6.07 Å². The van der Waals surface area contributed by atoms with Gasteiger partial charge in [0.05, 0.1) is 0 Å². The van der Waals surface area contributed by atoms with Gasteiger partial charge in [0.25, 0.3) is 0 Å². The first-order valence-electron chi connectivity index (χ1n) is 4.77. The van der Waals surface area contributed by atoms with Crippen molar-refractivity contribution < 1.29 is 4.79 Å². The molecule has 0 radical (unpaired) electrons. The fourth-order valence-electron chi connectivity index (χ4n) is 1.83. The molecule has 0 aliphatic carbocycles. The number of benzene rings is 1. The summed E-state index contributed by atoms with van der Waals surface area (Å²) in [6, 6.07) is 8.02. The molecular formula is C11H12ClNO. The van der Waals surface area contributed by atoms with E-state index in [1.807, 2.05) is 18.2 Å².